The topological polar surface area (TPSA) is 75.4 Å². The molecule has 0 bridgehead atoms. The van der Waals surface area contributed by atoms with Gasteiger partial charge in [0.15, 0.2) is 0 Å². The maximum Gasteiger partial charge on any atom is 0.305 e. The first-order valence-corrected chi connectivity index (χ1v) is 6.58. The minimum absolute atomic E-state index is 0.111. The molecule has 6 nitrogen and oxygen atoms in total. The molecule has 1 aromatic heterocycles. The molecule has 1 amide bonds. The maximum atomic E-state index is 12.7. The minimum atomic E-state index is -0.938. The number of anilines is 1. The molecule has 0 saturated heterocycles. The van der Waals surface area contributed by atoms with Crippen molar-refractivity contribution in [2.45, 2.75) is 13.3 Å². The Morgan fingerprint density at radius 1 is 1.29 bits per heavy atom. The van der Waals surface area contributed by atoms with E-state index in [1.165, 1.54) is 11.1 Å². The fourth-order valence-electron chi connectivity index (χ4n) is 2.02. The number of aromatic nitrogens is 2. The van der Waals surface area contributed by atoms with Crippen LogP contribution in [0.1, 0.15) is 22.5 Å². The number of carboxylic acid groups (broad SMARTS) is 1. The van der Waals surface area contributed by atoms with Crippen molar-refractivity contribution >= 4 is 17.6 Å². The van der Waals surface area contributed by atoms with Gasteiger partial charge >= 0.3 is 5.97 Å². The second kappa shape index (κ2) is 6.21. The van der Waals surface area contributed by atoms with Crippen LogP contribution in [0.4, 0.5) is 5.69 Å². The summed E-state index contributed by atoms with van der Waals surface area (Å²) >= 11 is 0. The molecule has 1 N–H and O–H groups in total. The number of carbonyl (C=O) groups excluding carboxylic acids is 1. The van der Waals surface area contributed by atoms with E-state index in [4.69, 9.17) is 5.11 Å². The van der Waals surface area contributed by atoms with Crippen LogP contribution in [0, 0.1) is 6.92 Å². The van der Waals surface area contributed by atoms with Gasteiger partial charge in [-0.05, 0) is 19.1 Å². The van der Waals surface area contributed by atoms with Crippen molar-refractivity contribution in [1.29, 1.82) is 0 Å². The molecule has 2 aromatic rings. The second-order valence-electron chi connectivity index (χ2n) is 4.70. The fraction of sp³-hybridized carbons (Fsp3) is 0.267. The highest BCUT2D eigenvalue weighted by Gasteiger charge is 2.22. The standard InChI is InChI=1S/C15H17N3O3/c1-11-13(10-16-17(11)2)15(21)18(9-8-14(19)20)12-6-4-3-5-7-12/h3-7,10H,8-9H2,1-2H3,(H,19,20). The van der Waals surface area contributed by atoms with Gasteiger partial charge in [0.25, 0.3) is 5.91 Å². The molecule has 0 spiro atoms. The van der Waals surface area contributed by atoms with Crippen molar-refractivity contribution in [3.8, 4) is 0 Å². The van der Waals surface area contributed by atoms with E-state index in [1.54, 1.807) is 30.8 Å². The van der Waals surface area contributed by atoms with Crippen LogP contribution in [0.5, 0.6) is 0 Å². The van der Waals surface area contributed by atoms with E-state index < -0.39 is 5.97 Å². The number of aliphatic carboxylic acids is 1. The van der Waals surface area contributed by atoms with Gasteiger partial charge in [-0.25, -0.2) is 0 Å². The van der Waals surface area contributed by atoms with Crippen molar-refractivity contribution in [3.63, 3.8) is 0 Å². The van der Waals surface area contributed by atoms with Crippen LogP contribution in [0.3, 0.4) is 0 Å². The third-order valence-corrected chi connectivity index (χ3v) is 3.33. The van der Waals surface area contributed by atoms with Crippen LogP contribution in [0.2, 0.25) is 0 Å². The van der Waals surface area contributed by atoms with E-state index in [1.807, 2.05) is 18.2 Å². The first-order chi connectivity index (χ1) is 10.0. The van der Waals surface area contributed by atoms with Crippen molar-refractivity contribution in [3.05, 3.63) is 47.8 Å². The number of nitrogens with zero attached hydrogens (tertiary/aromatic N) is 3. The number of carbonyl (C=O) groups is 2. The first-order valence-electron chi connectivity index (χ1n) is 6.58. The van der Waals surface area contributed by atoms with Gasteiger partial charge in [0.2, 0.25) is 0 Å². The van der Waals surface area contributed by atoms with Crippen LogP contribution >= 0.6 is 0 Å². The summed E-state index contributed by atoms with van der Waals surface area (Å²) in [7, 11) is 1.76. The lowest BCUT2D eigenvalue weighted by molar-refractivity contribution is -0.136. The van der Waals surface area contributed by atoms with Crippen LogP contribution in [0.25, 0.3) is 0 Å². The molecule has 0 aliphatic carbocycles. The number of para-hydroxylation sites is 1. The molecule has 2 rings (SSSR count). The molecular formula is C15H17N3O3. The number of hydrogen-bond donors (Lipinski definition) is 1. The Hall–Kier alpha value is -2.63. The van der Waals surface area contributed by atoms with E-state index in [0.29, 0.717) is 11.3 Å². The van der Waals surface area contributed by atoms with Crippen molar-refractivity contribution in [1.82, 2.24) is 9.78 Å². The Morgan fingerprint density at radius 3 is 2.48 bits per heavy atom. The van der Waals surface area contributed by atoms with Gasteiger partial charge < -0.3 is 10.0 Å². The van der Waals surface area contributed by atoms with Crippen LogP contribution < -0.4 is 4.90 Å². The minimum Gasteiger partial charge on any atom is -0.481 e. The van der Waals surface area contributed by atoms with Gasteiger partial charge in [0.1, 0.15) is 0 Å². The monoisotopic (exact) mass is 287 g/mol. The molecule has 0 aliphatic heterocycles. The molecule has 0 atom stereocenters. The summed E-state index contributed by atoms with van der Waals surface area (Å²) in [5.74, 6) is -1.18. The van der Waals surface area contributed by atoms with E-state index in [2.05, 4.69) is 5.10 Å². The third kappa shape index (κ3) is 3.28. The third-order valence-electron chi connectivity index (χ3n) is 3.33. The number of benzene rings is 1. The van der Waals surface area contributed by atoms with E-state index in [0.717, 1.165) is 5.69 Å². The van der Waals surface area contributed by atoms with Gasteiger partial charge in [0.05, 0.1) is 18.2 Å². The lowest BCUT2D eigenvalue weighted by Gasteiger charge is -2.22. The molecule has 110 valence electrons. The normalized spacial score (nSPS) is 10.4. The zero-order chi connectivity index (χ0) is 15.4. The highest BCUT2D eigenvalue weighted by atomic mass is 16.4. The zero-order valence-electron chi connectivity index (χ0n) is 12.0. The lowest BCUT2D eigenvalue weighted by atomic mass is 10.2. The molecular weight excluding hydrogens is 270 g/mol. The van der Waals surface area contributed by atoms with Gasteiger partial charge in [-0.15, -0.1) is 0 Å². The second-order valence-corrected chi connectivity index (χ2v) is 4.70. The van der Waals surface area contributed by atoms with Gasteiger partial charge in [-0.2, -0.15) is 5.10 Å². The number of hydrogen-bond acceptors (Lipinski definition) is 3. The Bertz CT molecular complexity index is 649. The highest BCUT2D eigenvalue weighted by Crippen LogP contribution is 2.18. The smallest absolute Gasteiger partial charge is 0.305 e. The Morgan fingerprint density at radius 2 is 1.95 bits per heavy atom. The first kappa shape index (κ1) is 14.8. The number of amides is 1. The predicted molar refractivity (Wildman–Crippen MR) is 78.3 cm³/mol. The molecule has 21 heavy (non-hydrogen) atoms. The van der Waals surface area contributed by atoms with Crippen LogP contribution in [0.15, 0.2) is 36.5 Å². The summed E-state index contributed by atoms with van der Waals surface area (Å²) in [5, 5.41) is 12.9. The van der Waals surface area contributed by atoms with Gasteiger partial charge in [0, 0.05) is 25.0 Å². The average molecular weight is 287 g/mol. The quantitative estimate of drug-likeness (QED) is 0.910. The van der Waals surface area contributed by atoms with E-state index in [-0.39, 0.29) is 18.9 Å². The Labute approximate surface area is 122 Å². The summed E-state index contributed by atoms with van der Waals surface area (Å²) in [6, 6.07) is 9.04. The van der Waals surface area contributed by atoms with Crippen molar-refractivity contribution in [2.24, 2.45) is 7.05 Å². The molecule has 1 heterocycles. The van der Waals surface area contributed by atoms with Crippen LogP contribution in [-0.2, 0) is 11.8 Å². The molecule has 0 aliphatic rings. The number of aryl methyl sites for hydroxylation is 1. The lowest BCUT2D eigenvalue weighted by Crippen LogP contribution is -2.33. The van der Waals surface area contributed by atoms with Crippen molar-refractivity contribution in [2.75, 3.05) is 11.4 Å². The molecule has 0 saturated carbocycles. The summed E-state index contributed by atoms with van der Waals surface area (Å²) < 4.78 is 1.62. The van der Waals surface area contributed by atoms with E-state index in [9.17, 15) is 9.59 Å². The highest BCUT2D eigenvalue weighted by molar-refractivity contribution is 6.06. The fourth-order valence-corrected chi connectivity index (χ4v) is 2.02. The molecule has 0 radical (unpaired) electrons. The number of carboxylic acids is 1. The Balaban J connectivity index is 2.33. The molecule has 1 aromatic carbocycles. The predicted octanol–water partition coefficient (Wildman–Crippen LogP) is 1.85. The van der Waals surface area contributed by atoms with Gasteiger partial charge in [-0.1, -0.05) is 18.2 Å². The SMILES string of the molecule is Cc1c(C(=O)N(CCC(=O)O)c2ccccc2)cnn1C. The largest absolute Gasteiger partial charge is 0.481 e. The van der Waals surface area contributed by atoms with Gasteiger partial charge in [-0.3, -0.25) is 14.3 Å². The average Bonchev–Trinajstić information content (AvgIpc) is 2.80. The maximum absolute atomic E-state index is 12.7. The Kier molecular flexibility index (Phi) is 4.37. The summed E-state index contributed by atoms with van der Waals surface area (Å²) in [6.45, 7) is 1.92. The zero-order valence-corrected chi connectivity index (χ0v) is 12.0. The molecule has 6 heteroatoms. The molecule has 0 fully saturated rings. The summed E-state index contributed by atoms with van der Waals surface area (Å²) in [5.41, 5.74) is 1.90. The summed E-state index contributed by atoms with van der Waals surface area (Å²) in [4.78, 5) is 25.0. The number of rotatable bonds is 5. The molecule has 0 unspecified atom stereocenters. The van der Waals surface area contributed by atoms with E-state index >= 15 is 0 Å². The van der Waals surface area contributed by atoms with Crippen molar-refractivity contribution < 1.29 is 14.7 Å². The summed E-state index contributed by atoms with van der Waals surface area (Å²) in [6.07, 6.45) is 1.40. The van der Waals surface area contributed by atoms with Crippen LogP contribution in [-0.4, -0.2) is 33.3 Å².